The molecule has 0 amide bonds. The van der Waals surface area contributed by atoms with E-state index in [1.165, 1.54) is 37.7 Å². The van der Waals surface area contributed by atoms with Gasteiger partial charge in [0.15, 0.2) is 0 Å². The van der Waals surface area contributed by atoms with E-state index in [1.807, 2.05) is 19.2 Å². The van der Waals surface area contributed by atoms with Gasteiger partial charge >= 0.3 is 0 Å². The minimum Gasteiger partial charge on any atom is -0.319 e. The highest BCUT2D eigenvalue weighted by atomic mass is 19.1. The van der Waals surface area contributed by atoms with Gasteiger partial charge in [0.25, 0.3) is 0 Å². The van der Waals surface area contributed by atoms with Crippen molar-refractivity contribution in [3.8, 4) is 0 Å². The molecule has 0 aliphatic heterocycles. The summed E-state index contributed by atoms with van der Waals surface area (Å²) in [6.07, 6.45) is 6.73. The first-order valence-corrected chi connectivity index (χ1v) is 6.71. The molecular weight excluding hydrogens is 213 g/mol. The van der Waals surface area contributed by atoms with Crippen LogP contribution in [-0.2, 0) is 0 Å². The Bertz CT molecular complexity index is 327. The Balaban J connectivity index is 2.12. The van der Waals surface area contributed by atoms with Crippen molar-refractivity contribution in [3.05, 3.63) is 35.6 Å². The fourth-order valence-corrected chi connectivity index (χ4v) is 3.02. The predicted molar refractivity (Wildman–Crippen MR) is 69.6 cm³/mol. The number of hydrogen-bond acceptors (Lipinski definition) is 1. The molecule has 1 fully saturated rings. The van der Waals surface area contributed by atoms with Crippen molar-refractivity contribution in [2.75, 3.05) is 13.6 Å². The van der Waals surface area contributed by atoms with E-state index in [0.29, 0.717) is 5.92 Å². The lowest BCUT2D eigenvalue weighted by Gasteiger charge is -2.30. The van der Waals surface area contributed by atoms with E-state index in [-0.39, 0.29) is 5.82 Å². The van der Waals surface area contributed by atoms with Crippen LogP contribution < -0.4 is 5.32 Å². The first-order valence-electron chi connectivity index (χ1n) is 6.71. The highest BCUT2D eigenvalue weighted by molar-refractivity contribution is 5.22. The Morgan fingerprint density at radius 2 is 1.82 bits per heavy atom. The molecule has 17 heavy (non-hydrogen) atoms. The molecule has 1 nitrogen and oxygen atoms in total. The molecule has 2 rings (SSSR count). The van der Waals surface area contributed by atoms with Crippen molar-refractivity contribution < 1.29 is 4.39 Å². The van der Waals surface area contributed by atoms with Crippen molar-refractivity contribution >= 4 is 0 Å². The topological polar surface area (TPSA) is 12.0 Å². The molecule has 1 aliphatic rings. The van der Waals surface area contributed by atoms with E-state index >= 15 is 0 Å². The summed E-state index contributed by atoms with van der Waals surface area (Å²) in [6, 6.07) is 7.07. The van der Waals surface area contributed by atoms with Gasteiger partial charge in [-0.1, -0.05) is 31.4 Å². The average molecular weight is 235 g/mol. The Kier molecular flexibility index (Phi) is 4.55. The summed E-state index contributed by atoms with van der Waals surface area (Å²) in [5, 5.41) is 3.28. The average Bonchev–Trinajstić information content (AvgIpc) is 2.38. The molecule has 0 aromatic heterocycles. The van der Waals surface area contributed by atoms with Crippen LogP contribution in [-0.4, -0.2) is 13.6 Å². The quantitative estimate of drug-likeness (QED) is 0.839. The van der Waals surface area contributed by atoms with Crippen LogP contribution >= 0.6 is 0 Å². The molecular formula is C15H22FN. The minimum atomic E-state index is -0.138. The summed E-state index contributed by atoms with van der Waals surface area (Å²) in [6.45, 7) is 0.996. The van der Waals surface area contributed by atoms with E-state index in [9.17, 15) is 4.39 Å². The van der Waals surface area contributed by atoms with Crippen LogP contribution in [0.1, 0.15) is 43.6 Å². The van der Waals surface area contributed by atoms with Gasteiger partial charge in [0.1, 0.15) is 5.82 Å². The second kappa shape index (κ2) is 6.15. The van der Waals surface area contributed by atoms with Crippen LogP contribution in [0.2, 0.25) is 0 Å². The fraction of sp³-hybridized carbons (Fsp3) is 0.600. The Morgan fingerprint density at radius 3 is 2.41 bits per heavy atom. The molecule has 1 aliphatic carbocycles. The van der Waals surface area contributed by atoms with Crippen LogP contribution in [0.15, 0.2) is 24.3 Å². The monoisotopic (exact) mass is 235 g/mol. The lowest BCUT2D eigenvalue weighted by Crippen LogP contribution is -2.25. The van der Waals surface area contributed by atoms with Gasteiger partial charge in [-0.05, 0) is 49.4 Å². The zero-order valence-corrected chi connectivity index (χ0v) is 10.6. The molecule has 0 saturated heterocycles. The Hall–Kier alpha value is -0.890. The fourth-order valence-electron chi connectivity index (χ4n) is 3.02. The Labute approximate surface area is 103 Å². The van der Waals surface area contributed by atoms with Gasteiger partial charge in [0.2, 0.25) is 0 Å². The maximum Gasteiger partial charge on any atom is 0.123 e. The zero-order valence-electron chi connectivity index (χ0n) is 10.6. The second-order valence-corrected chi connectivity index (χ2v) is 5.11. The number of hydrogen-bond donors (Lipinski definition) is 1. The molecule has 0 bridgehead atoms. The lowest BCUT2D eigenvalue weighted by molar-refractivity contribution is 0.300. The molecule has 1 atom stereocenters. The summed E-state index contributed by atoms with van der Waals surface area (Å²) < 4.78 is 13.0. The van der Waals surface area contributed by atoms with Crippen molar-refractivity contribution in [1.29, 1.82) is 0 Å². The van der Waals surface area contributed by atoms with Crippen LogP contribution in [0.4, 0.5) is 4.39 Å². The van der Waals surface area contributed by atoms with E-state index in [1.54, 1.807) is 12.1 Å². The van der Waals surface area contributed by atoms with Crippen LogP contribution in [0, 0.1) is 11.7 Å². The van der Waals surface area contributed by atoms with Gasteiger partial charge < -0.3 is 5.32 Å². The highest BCUT2D eigenvalue weighted by Gasteiger charge is 2.24. The molecule has 1 unspecified atom stereocenters. The maximum atomic E-state index is 13.0. The molecule has 94 valence electrons. The SMILES string of the molecule is CNCC(c1ccc(F)cc1)C1CCCCC1. The molecule has 1 saturated carbocycles. The third-order valence-electron chi connectivity index (χ3n) is 3.94. The molecule has 1 aromatic carbocycles. The van der Waals surface area contributed by atoms with E-state index in [4.69, 9.17) is 0 Å². The zero-order chi connectivity index (χ0) is 12.1. The third-order valence-corrected chi connectivity index (χ3v) is 3.94. The lowest BCUT2D eigenvalue weighted by atomic mass is 9.77. The van der Waals surface area contributed by atoms with E-state index in [0.717, 1.165) is 12.5 Å². The highest BCUT2D eigenvalue weighted by Crippen LogP contribution is 2.35. The first kappa shape index (κ1) is 12.6. The summed E-state index contributed by atoms with van der Waals surface area (Å²) in [7, 11) is 2.00. The van der Waals surface area contributed by atoms with Crippen LogP contribution in [0.3, 0.4) is 0 Å². The van der Waals surface area contributed by atoms with Crippen molar-refractivity contribution in [2.24, 2.45) is 5.92 Å². The van der Waals surface area contributed by atoms with Gasteiger partial charge in [-0.15, -0.1) is 0 Å². The number of rotatable bonds is 4. The number of nitrogens with one attached hydrogen (secondary N) is 1. The molecule has 1 N–H and O–H groups in total. The second-order valence-electron chi connectivity index (χ2n) is 5.11. The third kappa shape index (κ3) is 3.29. The first-order chi connectivity index (χ1) is 8.31. The van der Waals surface area contributed by atoms with Crippen molar-refractivity contribution in [1.82, 2.24) is 5.32 Å². The summed E-state index contributed by atoms with van der Waals surface area (Å²) in [5.41, 5.74) is 1.28. The normalized spacial score (nSPS) is 19.2. The number of halogens is 1. The van der Waals surface area contributed by atoms with E-state index < -0.39 is 0 Å². The molecule has 1 aromatic rings. The van der Waals surface area contributed by atoms with Gasteiger partial charge in [0, 0.05) is 6.54 Å². The minimum absolute atomic E-state index is 0.138. The number of likely N-dealkylation sites (N-methyl/N-ethyl adjacent to an activating group) is 1. The smallest absolute Gasteiger partial charge is 0.123 e. The molecule has 2 heteroatoms. The van der Waals surface area contributed by atoms with Gasteiger partial charge in [-0.3, -0.25) is 0 Å². The standard InChI is InChI=1S/C15H22FN/c1-17-11-15(12-5-3-2-4-6-12)13-7-9-14(16)10-8-13/h7-10,12,15,17H,2-6,11H2,1H3. The molecule has 0 heterocycles. The van der Waals surface area contributed by atoms with E-state index in [2.05, 4.69) is 5.32 Å². The summed E-state index contributed by atoms with van der Waals surface area (Å²) in [4.78, 5) is 0. The predicted octanol–water partition coefficient (Wildman–Crippen LogP) is 3.71. The Morgan fingerprint density at radius 1 is 1.18 bits per heavy atom. The van der Waals surface area contributed by atoms with Gasteiger partial charge in [-0.2, -0.15) is 0 Å². The van der Waals surface area contributed by atoms with Crippen molar-refractivity contribution in [3.63, 3.8) is 0 Å². The van der Waals surface area contributed by atoms with Gasteiger partial charge in [0.05, 0.1) is 0 Å². The molecule has 0 radical (unpaired) electrons. The number of benzene rings is 1. The summed E-state index contributed by atoms with van der Waals surface area (Å²) >= 11 is 0. The van der Waals surface area contributed by atoms with Gasteiger partial charge in [-0.25, -0.2) is 4.39 Å². The van der Waals surface area contributed by atoms with Crippen LogP contribution in [0.5, 0.6) is 0 Å². The van der Waals surface area contributed by atoms with Crippen LogP contribution in [0.25, 0.3) is 0 Å². The molecule has 0 spiro atoms. The largest absolute Gasteiger partial charge is 0.319 e. The maximum absolute atomic E-state index is 13.0. The van der Waals surface area contributed by atoms with Crippen molar-refractivity contribution in [2.45, 2.75) is 38.0 Å². The summed E-state index contributed by atoms with van der Waals surface area (Å²) in [5.74, 6) is 1.17.